The van der Waals surface area contributed by atoms with Crippen molar-refractivity contribution < 1.29 is 0 Å². The molecular weight excluding hydrogens is 275 g/mol. The molecule has 0 spiro atoms. The van der Waals surface area contributed by atoms with Gasteiger partial charge in [0.05, 0.1) is 9.50 Å². The summed E-state index contributed by atoms with van der Waals surface area (Å²) in [5.41, 5.74) is 0. The first-order valence-electron chi connectivity index (χ1n) is 5.22. The van der Waals surface area contributed by atoms with Gasteiger partial charge < -0.3 is 5.32 Å². The van der Waals surface area contributed by atoms with Gasteiger partial charge in [0, 0.05) is 12.2 Å². The zero-order valence-electron chi connectivity index (χ0n) is 8.63. The number of nitrogens with zero attached hydrogens (tertiary/aromatic N) is 1. The lowest BCUT2D eigenvalue weighted by Gasteiger charge is -2.14. The molecule has 82 valence electrons. The Kier molecular flexibility index (Phi) is 3.52. The number of anilines is 1. The van der Waals surface area contributed by atoms with Gasteiger partial charge in [-0.2, -0.15) is 0 Å². The minimum Gasteiger partial charge on any atom is -0.366 e. The van der Waals surface area contributed by atoms with E-state index in [0.717, 1.165) is 16.2 Å². The van der Waals surface area contributed by atoms with Crippen LogP contribution in [0.4, 0.5) is 5.82 Å². The van der Waals surface area contributed by atoms with Crippen molar-refractivity contribution in [1.29, 1.82) is 0 Å². The van der Waals surface area contributed by atoms with Crippen molar-refractivity contribution >= 4 is 33.3 Å². The smallest absolute Gasteiger partial charge is 0.140 e. The minimum absolute atomic E-state index is 0.560. The van der Waals surface area contributed by atoms with Crippen molar-refractivity contribution in [2.24, 2.45) is 5.92 Å². The Morgan fingerprint density at radius 3 is 2.93 bits per heavy atom. The third-order valence-corrected chi connectivity index (χ3v) is 3.65. The number of hydrogen-bond acceptors (Lipinski definition) is 2. The predicted octanol–water partition coefficient (Wildman–Crippen LogP) is 4.10. The van der Waals surface area contributed by atoms with Gasteiger partial charge in [-0.3, -0.25) is 0 Å². The van der Waals surface area contributed by atoms with E-state index in [1.165, 1.54) is 19.3 Å². The van der Waals surface area contributed by atoms with Crippen LogP contribution >= 0.6 is 27.5 Å². The monoisotopic (exact) mass is 288 g/mol. The lowest BCUT2D eigenvalue weighted by atomic mass is 10.1. The number of hydrogen-bond donors (Lipinski definition) is 1. The molecule has 1 aliphatic rings. The van der Waals surface area contributed by atoms with Gasteiger partial charge in [-0.1, -0.05) is 18.5 Å². The molecule has 1 fully saturated rings. The zero-order valence-corrected chi connectivity index (χ0v) is 11.0. The number of nitrogens with one attached hydrogen (secondary N) is 1. The summed E-state index contributed by atoms with van der Waals surface area (Å²) in [6.45, 7) is 2.30. The summed E-state index contributed by atoms with van der Waals surface area (Å²) in [5, 5.41) is 4.11. The maximum atomic E-state index is 5.84. The normalized spacial score (nSPS) is 25.5. The van der Waals surface area contributed by atoms with Gasteiger partial charge in [0.1, 0.15) is 5.82 Å². The zero-order chi connectivity index (χ0) is 10.8. The van der Waals surface area contributed by atoms with E-state index in [1.807, 2.05) is 6.07 Å². The fraction of sp³-hybridized carbons (Fsp3) is 0.545. The summed E-state index contributed by atoms with van der Waals surface area (Å²) in [7, 11) is 0. The van der Waals surface area contributed by atoms with Crippen molar-refractivity contribution in [1.82, 2.24) is 4.98 Å². The summed E-state index contributed by atoms with van der Waals surface area (Å²) < 4.78 is 0.939. The van der Waals surface area contributed by atoms with Crippen LogP contribution in [0.3, 0.4) is 0 Å². The van der Waals surface area contributed by atoms with Crippen molar-refractivity contribution in [2.75, 3.05) is 5.32 Å². The molecule has 1 aromatic heterocycles. The molecular formula is C11H14BrClN2. The Morgan fingerprint density at radius 1 is 1.53 bits per heavy atom. The van der Waals surface area contributed by atoms with E-state index in [2.05, 4.69) is 33.2 Å². The predicted molar refractivity (Wildman–Crippen MR) is 67.4 cm³/mol. The second-order valence-electron chi connectivity index (χ2n) is 4.24. The van der Waals surface area contributed by atoms with Crippen molar-refractivity contribution in [2.45, 2.75) is 32.2 Å². The van der Waals surface area contributed by atoms with E-state index in [9.17, 15) is 0 Å². The molecule has 0 aromatic carbocycles. The molecule has 1 saturated carbocycles. The summed E-state index contributed by atoms with van der Waals surface area (Å²) in [5.74, 6) is 1.73. The Hall–Kier alpha value is -0.280. The number of aromatic nitrogens is 1. The second kappa shape index (κ2) is 4.71. The fourth-order valence-corrected chi connectivity index (χ4v) is 2.81. The van der Waals surface area contributed by atoms with Gasteiger partial charge in [0.2, 0.25) is 0 Å². The Labute approximate surface area is 104 Å². The van der Waals surface area contributed by atoms with E-state index >= 15 is 0 Å². The number of pyridine rings is 1. The molecule has 1 aliphatic carbocycles. The van der Waals surface area contributed by atoms with Crippen LogP contribution in [0.5, 0.6) is 0 Å². The largest absolute Gasteiger partial charge is 0.366 e. The van der Waals surface area contributed by atoms with Gasteiger partial charge >= 0.3 is 0 Å². The van der Waals surface area contributed by atoms with E-state index in [0.29, 0.717) is 11.1 Å². The quantitative estimate of drug-likeness (QED) is 0.886. The van der Waals surface area contributed by atoms with Crippen LogP contribution < -0.4 is 5.32 Å². The third kappa shape index (κ3) is 2.85. The van der Waals surface area contributed by atoms with E-state index in [1.54, 1.807) is 6.20 Å². The molecule has 2 nitrogen and oxygen atoms in total. The van der Waals surface area contributed by atoms with Crippen LogP contribution in [0.1, 0.15) is 26.2 Å². The van der Waals surface area contributed by atoms with Gasteiger partial charge in [-0.25, -0.2) is 4.98 Å². The molecule has 2 atom stereocenters. The Bertz CT molecular complexity index is 356. The Morgan fingerprint density at radius 2 is 2.33 bits per heavy atom. The average Bonchev–Trinajstić information content (AvgIpc) is 2.56. The highest BCUT2D eigenvalue weighted by atomic mass is 79.9. The molecule has 1 aromatic rings. The molecule has 4 heteroatoms. The molecule has 0 radical (unpaired) electrons. The lowest BCUT2D eigenvalue weighted by Crippen LogP contribution is -2.16. The summed E-state index contributed by atoms with van der Waals surface area (Å²) in [6.07, 6.45) is 5.45. The summed E-state index contributed by atoms with van der Waals surface area (Å²) >= 11 is 9.30. The molecule has 1 heterocycles. The second-order valence-corrected chi connectivity index (χ2v) is 5.53. The molecule has 0 aliphatic heterocycles. The first-order valence-corrected chi connectivity index (χ1v) is 6.40. The standard InChI is InChI=1S/C11H14BrClN2/c1-7-2-3-9(4-7)15-11-10(12)5-8(13)6-14-11/h5-7,9H,2-4H2,1H3,(H,14,15). The average molecular weight is 290 g/mol. The molecule has 2 rings (SSSR count). The molecule has 0 amide bonds. The SMILES string of the molecule is CC1CCC(Nc2ncc(Cl)cc2Br)C1. The number of rotatable bonds is 2. The first-order chi connectivity index (χ1) is 7.15. The van der Waals surface area contributed by atoms with Gasteiger partial charge in [0.15, 0.2) is 0 Å². The maximum absolute atomic E-state index is 5.84. The van der Waals surface area contributed by atoms with Crippen molar-refractivity contribution in [3.63, 3.8) is 0 Å². The molecule has 2 unspecified atom stereocenters. The van der Waals surface area contributed by atoms with E-state index < -0.39 is 0 Å². The highest BCUT2D eigenvalue weighted by Crippen LogP contribution is 2.30. The highest BCUT2D eigenvalue weighted by molar-refractivity contribution is 9.10. The van der Waals surface area contributed by atoms with Crippen LogP contribution in [0.25, 0.3) is 0 Å². The highest BCUT2D eigenvalue weighted by Gasteiger charge is 2.21. The fourth-order valence-electron chi connectivity index (χ4n) is 2.05. The van der Waals surface area contributed by atoms with Crippen LogP contribution in [0.2, 0.25) is 5.02 Å². The first kappa shape index (κ1) is 11.2. The van der Waals surface area contributed by atoms with E-state index in [4.69, 9.17) is 11.6 Å². The van der Waals surface area contributed by atoms with E-state index in [-0.39, 0.29) is 0 Å². The third-order valence-electron chi connectivity index (χ3n) is 2.84. The topological polar surface area (TPSA) is 24.9 Å². The number of halogens is 2. The van der Waals surface area contributed by atoms with Crippen molar-refractivity contribution in [3.05, 3.63) is 21.8 Å². The Balaban J connectivity index is 2.04. The summed E-state index contributed by atoms with van der Waals surface area (Å²) in [6, 6.07) is 2.43. The van der Waals surface area contributed by atoms with Crippen LogP contribution in [0.15, 0.2) is 16.7 Å². The minimum atomic E-state index is 0.560. The molecule has 0 bridgehead atoms. The summed E-state index contributed by atoms with van der Waals surface area (Å²) in [4.78, 5) is 4.28. The molecule has 1 N–H and O–H groups in total. The van der Waals surface area contributed by atoms with Gasteiger partial charge in [-0.15, -0.1) is 0 Å². The van der Waals surface area contributed by atoms with Crippen molar-refractivity contribution in [3.8, 4) is 0 Å². The molecule has 15 heavy (non-hydrogen) atoms. The lowest BCUT2D eigenvalue weighted by molar-refractivity contribution is 0.602. The van der Waals surface area contributed by atoms with Crippen LogP contribution in [-0.4, -0.2) is 11.0 Å². The van der Waals surface area contributed by atoms with Crippen LogP contribution in [0, 0.1) is 5.92 Å². The maximum Gasteiger partial charge on any atom is 0.140 e. The van der Waals surface area contributed by atoms with Crippen LogP contribution in [-0.2, 0) is 0 Å². The van der Waals surface area contributed by atoms with Gasteiger partial charge in [0.25, 0.3) is 0 Å². The van der Waals surface area contributed by atoms with Gasteiger partial charge in [-0.05, 0) is 47.2 Å². The molecule has 0 saturated heterocycles.